The number of rotatable bonds is 5. The summed E-state index contributed by atoms with van der Waals surface area (Å²) in [4.78, 5) is 9.03. The molecule has 0 bridgehead atoms. The molecule has 0 aliphatic carbocycles. The first-order valence-electron chi connectivity index (χ1n) is 5.39. The van der Waals surface area contributed by atoms with Gasteiger partial charge in [-0.2, -0.15) is 0 Å². The van der Waals surface area contributed by atoms with Crippen LogP contribution in [0.25, 0.3) is 0 Å². The Morgan fingerprint density at radius 3 is 1.93 bits per heavy atom. The smallest absolute Gasteiger partial charge is 0.251 e. The van der Waals surface area contributed by atoms with Crippen molar-refractivity contribution in [2.45, 2.75) is 32.6 Å². The van der Waals surface area contributed by atoms with Gasteiger partial charge in [0, 0.05) is 7.11 Å². The third-order valence-electron chi connectivity index (χ3n) is 1.85. The van der Waals surface area contributed by atoms with Crippen LogP contribution in [0, 0.1) is 0 Å². The number of nitrogens with zero attached hydrogens (tertiary/aromatic N) is 1. The quantitative estimate of drug-likeness (QED) is 0.397. The molecule has 0 aliphatic heterocycles. The fourth-order valence-corrected chi connectivity index (χ4v) is 1.01. The van der Waals surface area contributed by atoms with E-state index in [0.29, 0.717) is 0 Å². The average molecular weight is 219 g/mol. The molecule has 15 heavy (non-hydrogen) atoms. The molecule has 0 unspecified atom stereocenters. The average Bonchev–Trinajstić information content (AvgIpc) is 2.12. The topological polar surface area (TPSA) is 49.4 Å². The predicted molar refractivity (Wildman–Crippen MR) is 59.4 cm³/mol. The van der Waals surface area contributed by atoms with Crippen LogP contribution in [0.4, 0.5) is 4.79 Å². The van der Waals surface area contributed by atoms with E-state index in [2.05, 4.69) is 32.8 Å². The van der Waals surface area contributed by atoms with Crippen molar-refractivity contribution in [3.05, 3.63) is 0 Å². The van der Waals surface area contributed by atoms with Crippen molar-refractivity contribution < 1.29 is 19.1 Å². The lowest BCUT2D eigenvalue weighted by Gasteiger charge is -2.23. The van der Waals surface area contributed by atoms with Gasteiger partial charge in [0.15, 0.2) is 0 Å². The molecule has 0 aromatic carbocycles. The van der Waals surface area contributed by atoms with Crippen LogP contribution < -0.4 is 5.11 Å². The number of carboxylic acid groups (broad SMARTS) is 1. The maximum atomic E-state index is 9.03. The number of hydrogen-bond donors (Lipinski definition) is 0. The normalized spacial score (nSPS) is 10.2. The second kappa shape index (κ2) is 9.77. The van der Waals surface area contributed by atoms with Gasteiger partial charge in [0.05, 0.1) is 27.7 Å². The van der Waals surface area contributed by atoms with Gasteiger partial charge in [-0.05, 0) is 12.8 Å². The molecule has 0 aromatic rings. The van der Waals surface area contributed by atoms with Gasteiger partial charge in [0.25, 0.3) is 6.16 Å². The first-order chi connectivity index (χ1) is 6.83. The molecule has 0 heterocycles. The summed E-state index contributed by atoms with van der Waals surface area (Å²) in [5, 5.41) is 9.03. The predicted octanol–water partition coefficient (Wildman–Crippen LogP) is 1.25. The van der Waals surface area contributed by atoms with Gasteiger partial charge in [-0.25, -0.2) is 0 Å². The molecular weight excluding hydrogens is 194 g/mol. The number of unbranched alkanes of at least 4 members (excludes halogenated alkanes) is 3. The number of carbonyl (C=O) groups is 1. The third-order valence-corrected chi connectivity index (χ3v) is 1.85. The first-order valence-corrected chi connectivity index (χ1v) is 5.39. The molecule has 0 fully saturated rings. The zero-order chi connectivity index (χ0) is 12.3. The number of methoxy groups -OCH3 is 1. The lowest BCUT2D eigenvalue weighted by Crippen LogP contribution is -2.35. The number of quaternary nitrogens is 1. The fraction of sp³-hybridized carbons (Fsp3) is 0.909. The molecule has 4 nitrogen and oxygen atoms in total. The van der Waals surface area contributed by atoms with Crippen LogP contribution in [0.5, 0.6) is 0 Å². The summed E-state index contributed by atoms with van der Waals surface area (Å²) in [5.74, 6) is 0. The third kappa shape index (κ3) is 24.6. The van der Waals surface area contributed by atoms with Gasteiger partial charge in [0.2, 0.25) is 0 Å². The van der Waals surface area contributed by atoms with Crippen LogP contribution in [0.2, 0.25) is 0 Å². The Kier molecular flexibility index (Phi) is 10.8. The summed E-state index contributed by atoms with van der Waals surface area (Å²) in [6.07, 6.45) is 4.05. The van der Waals surface area contributed by atoms with Crippen molar-refractivity contribution in [1.29, 1.82) is 0 Å². The van der Waals surface area contributed by atoms with Crippen molar-refractivity contribution in [2.75, 3.05) is 34.8 Å². The van der Waals surface area contributed by atoms with Gasteiger partial charge in [-0.15, -0.1) is 0 Å². The van der Waals surface area contributed by atoms with Gasteiger partial charge in [-0.1, -0.05) is 19.8 Å². The van der Waals surface area contributed by atoms with Crippen molar-refractivity contribution in [3.63, 3.8) is 0 Å². The highest BCUT2D eigenvalue weighted by Crippen LogP contribution is 2.01. The van der Waals surface area contributed by atoms with Crippen LogP contribution in [0.1, 0.15) is 32.6 Å². The van der Waals surface area contributed by atoms with Gasteiger partial charge < -0.3 is 19.1 Å². The van der Waals surface area contributed by atoms with Crippen molar-refractivity contribution in [3.8, 4) is 0 Å². The SMILES string of the molecule is CCCCCC[N+](C)(C)C.COC(=O)[O-]. The van der Waals surface area contributed by atoms with Crippen molar-refractivity contribution in [2.24, 2.45) is 0 Å². The summed E-state index contributed by atoms with van der Waals surface area (Å²) in [5.41, 5.74) is 0. The van der Waals surface area contributed by atoms with E-state index in [1.54, 1.807) is 0 Å². The maximum absolute atomic E-state index is 9.03. The molecule has 0 radical (unpaired) electrons. The molecule has 0 atom stereocenters. The van der Waals surface area contributed by atoms with E-state index in [1.807, 2.05) is 0 Å². The highest BCUT2D eigenvalue weighted by atomic mass is 16.6. The zero-order valence-electron chi connectivity index (χ0n) is 10.7. The van der Waals surface area contributed by atoms with E-state index in [4.69, 9.17) is 9.90 Å². The summed E-state index contributed by atoms with van der Waals surface area (Å²) < 4.78 is 4.67. The minimum Gasteiger partial charge on any atom is -0.553 e. The van der Waals surface area contributed by atoms with E-state index in [0.717, 1.165) is 11.6 Å². The molecule has 0 spiro atoms. The van der Waals surface area contributed by atoms with Gasteiger partial charge >= 0.3 is 0 Å². The van der Waals surface area contributed by atoms with E-state index in [-0.39, 0.29) is 0 Å². The molecule has 0 N–H and O–H groups in total. The Hall–Kier alpha value is -0.770. The maximum Gasteiger partial charge on any atom is 0.251 e. The molecule has 0 saturated carbocycles. The zero-order valence-corrected chi connectivity index (χ0v) is 10.7. The van der Waals surface area contributed by atoms with Crippen LogP contribution >= 0.6 is 0 Å². The van der Waals surface area contributed by atoms with Gasteiger partial charge in [0.1, 0.15) is 0 Å². The molecule has 0 amide bonds. The fourth-order valence-electron chi connectivity index (χ4n) is 1.01. The largest absolute Gasteiger partial charge is 0.553 e. The Labute approximate surface area is 93.4 Å². The molecule has 92 valence electrons. The minimum absolute atomic E-state index is 1.04. The van der Waals surface area contributed by atoms with Crippen LogP contribution in [0.3, 0.4) is 0 Å². The number of ether oxygens (including phenoxy) is 1. The monoisotopic (exact) mass is 219 g/mol. The Morgan fingerprint density at radius 1 is 1.20 bits per heavy atom. The summed E-state index contributed by atoms with van der Waals surface area (Å²) in [7, 11) is 7.80. The highest BCUT2D eigenvalue weighted by Gasteiger charge is 2.04. The molecule has 0 rings (SSSR count). The first kappa shape index (κ1) is 16.7. The Morgan fingerprint density at radius 2 is 1.67 bits per heavy atom. The van der Waals surface area contributed by atoms with E-state index >= 15 is 0 Å². The standard InChI is InChI=1S/C9H22N.C2H4O3/c1-5-6-7-8-9-10(2,3)4;1-5-2(3)4/h5-9H2,1-4H3;1H3,(H,3,4)/q+1;/p-1. The summed E-state index contributed by atoms with van der Waals surface area (Å²) in [6, 6.07) is 0. The van der Waals surface area contributed by atoms with E-state index < -0.39 is 6.16 Å². The van der Waals surface area contributed by atoms with Crippen molar-refractivity contribution in [1.82, 2.24) is 0 Å². The van der Waals surface area contributed by atoms with Crippen LogP contribution in [0.15, 0.2) is 0 Å². The summed E-state index contributed by atoms with van der Waals surface area (Å²) >= 11 is 0. The summed E-state index contributed by atoms with van der Waals surface area (Å²) in [6.45, 7) is 3.58. The highest BCUT2D eigenvalue weighted by molar-refractivity contribution is 5.53. The number of carbonyl (C=O) groups excluding carboxylic acids is 1. The molecule has 0 aromatic heterocycles. The minimum atomic E-state index is -1.50. The van der Waals surface area contributed by atoms with Crippen LogP contribution in [-0.2, 0) is 4.74 Å². The van der Waals surface area contributed by atoms with Gasteiger partial charge in [-0.3, -0.25) is 0 Å². The molecule has 0 saturated heterocycles. The second-order valence-corrected chi connectivity index (χ2v) is 4.53. The Balaban J connectivity index is 0. The second-order valence-electron chi connectivity index (χ2n) is 4.53. The molecule has 0 aliphatic rings. The lowest BCUT2D eigenvalue weighted by molar-refractivity contribution is -0.870. The number of hydrogen-bond acceptors (Lipinski definition) is 3. The van der Waals surface area contributed by atoms with Crippen molar-refractivity contribution >= 4 is 6.16 Å². The molecular formula is C11H25NO3. The lowest BCUT2D eigenvalue weighted by atomic mass is 10.2. The van der Waals surface area contributed by atoms with E-state index in [1.165, 1.54) is 32.2 Å². The Bertz CT molecular complexity index is 152. The van der Waals surface area contributed by atoms with Crippen LogP contribution in [-0.4, -0.2) is 45.4 Å². The van der Waals surface area contributed by atoms with E-state index in [9.17, 15) is 0 Å². The molecule has 4 heteroatoms.